The summed E-state index contributed by atoms with van der Waals surface area (Å²) in [6.07, 6.45) is 0. The minimum atomic E-state index is -0.572. The van der Waals surface area contributed by atoms with Gasteiger partial charge in [-0.3, -0.25) is 0 Å². The van der Waals surface area contributed by atoms with E-state index in [1.807, 2.05) is 11.3 Å². The van der Waals surface area contributed by atoms with Crippen LogP contribution in [0.25, 0.3) is 81.0 Å². The minimum absolute atomic E-state index is 0.572. The molecule has 1 spiro atoms. The van der Waals surface area contributed by atoms with Gasteiger partial charge in [-0.05, 0) is 92.5 Å². The number of thiophene rings is 1. The molecule has 0 radical (unpaired) electrons. The molecular formula is C61H38N2S. The molecule has 1 aliphatic carbocycles. The second-order valence-electron chi connectivity index (χ2n) is 17.1. The van der Waals surface area contributed by atoms with Gasteiger partial charge in [-0.1, -0.05) is 188 Å². The molecule has 0 saturated heterocycles. The first-order chi connectivity index (χ1) is 31.8. The summed E-state index contributed by atoms with van der Waals surface area (Å²) in [4.78, 5) is 2.55. The third-order valence-electron chi connectivity index (χ3n) is 14.0. The summed E-state index contributed by atoms with van der Waals surface area (Å²) in [5, 5.41) is 5.13. The lowest BCUT2D eigenvalue weighted by Gasteiger charge is -2.40. The first kappa shape index (κ1) is 35.6. The largest absolute Gasteiger partial charge is 0.309 e. The van der Waals surface area contributed by atoms with E-state index in [1.54, 1.807) is 0 Å². The van der Waals surface area contributed by atoms with Gasteiger partial charge < -0.3 is 9.47 Å². The molecule has 0 fully saturated rings. The Morgan fingerprint density at radius 1 is 0.375 bits per heavy atom. The van der Waals surface area contributed by atoms with Crippen molar-refractivity contribution in [3.63, 3.8) is 0 Å². The van der Waals surface area contributed by atoms with E-state index in [2.05, 4.69) is 240 Å². The quantitative estimate of drug-likeness (QED) is 0.168. The SMILES string of the molecule is c1ccc(-c2ccccc2-c2ccccc2N(c2ccc3c(c2)C2(c4ccccc4-3)c3ccccc3-n3c4ccccc4c4cccc2c43)c2cccc3c2sc2ccccc23)cc1. The molecule has 1 aliphatic heterocycles. The van der Waals surface area contributed by atoms with Gasteiger partial charge in [0.1, 0.15) is 0 Å². The summed E-state index contributed by atoms with van der Waals surface area (Å²) < 4.78 is 5.09. The second kappa shape index (κ2) is 13.5. The molecule has 0 amide bonds. The molecule has 64 heavy (non-hydrogen) atoms. The standard InChI is InChI=1S/C61H38N2S/c1-2-18-39(19-3-1)41-20-4-5-21-42(41)45-23-7-12-31-54(45)62(57-34-17-27-49-47-25-9-15-35-58(47)64-60(49)57)40-36-37-44-43-22-6-10-28-50(43)61(53(44)38-40)51-29-11-14-33-56(51)63-55-32-13-8-24-46(55)48-26-16-30-52(61)59(48)63/h1-38H. The minimum Gasteiger partial charge on any atom is -0.309 e. The van der Waals surface area contributed by atoms with E-state index in [-0.39, 0.29) is 0 Å². The molecule has 3 heterocycles. The monoisotopic (exact) mass is 830 g/mol. The molecule has 14 rings (SSSR count). The van der Waals surface area contributed by atoms with Crippen LogP contribution in [0.3, 0.4) is 0 Å². The molecule has 2 aliphatic rings. The molecule has 2 nitrogen and oxygen atoms in total. The fraction of sp³-hybridized carbons (Fsp3) is 0.0164. The van der Waals surface area contributed by atoms with Crippen molar-refractivity contribution in [1.82, 2.24) is 4.57 Å². The van der Waals surface area contributed by atoms with Crippen LogP contribution in [0, 0.1) is 0 Å². The van der Waals surface area contributed by atoms with Crippen LogP contribution >= 0.6 is 11.3 Å². The molecule has 1 unspecified atom stereocenters. The fourth-order valence-electron chi connectivity index (χ4n) is 11.5. The van der Waals surface area contributed by atoms with Gasteiger partial charge in [0.05, 0.1) is 38.2 Å². The van der Waals surface area contributed by atoms with Crippen LogP contribution in [0.2, 0.25) is 0 Å². The molecule has 1 atom stereocenters. The number of rotatable bonds is 5. The van der Waals surface area contributed by atoms with Gasteiger partial charge in [0.15, 0.2) is 0 Å². The van der Waals surface area contributed by atoms with Crippen LogP contribution in [-0.4, -0.2) is 4.57 Å². The Morgan fingerprint density at radius 2 is 0.984 bits per heavy atom. The molecule has 0 saturated carbocycles. The second-order valence-corrected chi connectivity index (χ2v) is 18.2. The number of anilines is 3. The zero-order valence-electron chi connectivity index (χ0n) is 34.7. The fourth-order valence-corrected chi connectivity index (χ4v) is 12.7. The van der Waals surface area contributed by atoms with E-state index in [1.165, 1.54) is 109 Å². The Balaban J connectivity index is 1.10. The Kier molecular flexibility index (Phi) is 7.51. The first-order valence-corrected chi connectivity index (χ1v) is 22.9. The molecule has 0 bridgehead atoms. The van der Waals surface area contributed by atoms with Crippen molar-refractivity contribution in [3.8, 4) is 39.1 Å². The number of hydrogen-bond donors (Lipinski definition) is 0. The Labute approximate surface area is 375 Å². The predicted molar refractivity (Wildman–Crippen MR) is 270 cm³/mol. The van der Waals surface area contributed by atoms with Crippen molar-refractivity contribution >= 4 is 70.4 Å². The van der Waals surface area contributed by atoms with E-state index >= 15 is 0 Å². The smallest absolute Gasteiger partial charge is 0.0755 e. The molecule has 10 aromatic carbocycles. The highest BCUT2D eigenvalue weighted by atomic mass is 32.1. The zero-order valence-corrected chi connectivity index (χ0v) is 35.6. The number of hydrogen-bond acceptors (Lipinski definition) is 2. The lowest BCUT2D eigenvalue weighted by atomic mass is 9.65. The highest BCUT2D eigenvalue weighted by molar-refractivity contribution is 7.26. The lowest BCUT2D eigenvalue weighted by molar-refractivity contribution is 0.748. The number of fused-ring (bicyclic) bond motifs is 15. The van der Waals surface area contributed by atoms with Crippen LogP contribution in [0.5, 0.6) is 0 Å². The molecule has 12 aromatic rings. The summed E-state index contributed by atoms with van der Waals surface area (Å²) in [6.45, 7) is 0. The highest BCUT2D eigenvalue weighted by Gasteiger charge is 2.51. The van der Waals surface area contributed by atoms with Crippen LogP contribution in [0.15, 0.2) is 231 Å². The number of aromatic nitrogens is 1. The lowest BCUT2D eigenvalue weighted by Crippen LogP contribution is -2.33. The van der Waals surface area contributed by atoms with Crippen LogP contribution in [0.4, 0.5) is 17.1 Å². The van der Waals surface area contributed by atoms with Gasteiger partial charge in [-0.2, -0.15) is 0 Å². The number of para-hydroxylation sites is 4. The summed E-state index contributed by atoms with van der Waals surface area (Å²) in [6, 6.07) is 85.9. The van der Waals surface area contributed by atoms with Crippen molar-refractivity contribution in [2.24, 2.45) is 0 Å². The van der Waals surface area contributed by atoms with Gasteiger partial charge in [0.2, 0.25) is 0 Å². The van der Waals surface area contributed by atoms with E-state index < -0.39 is 5.41 Å². The van der Waals surface area contributed by atoms with Gasteiger partial charge in [0, 0.05) is 37.5 Å². The maximum absolute atomic E-state index is 2.55. The van der Waals surface area contributed by atoms with Crippen molar-refractivity contribution in [3.05, 3.63) is 253 Å². The van der Waals surface area contributed by atoms with Crippen LogP contribution in [0.1, 0.15) is 22.3 Å². The summed E-state index contributed by atoms with van der Waals surface area (Å²) in [5.74, 6) is 0. The third kappa shape index (κ3) is 4.74. The maximum atomic E-state index is 2.55. The molecule has 298 valence electrons. The van der Waals surface area contributed by atoms with Crippen molar-refractivity contribution in [2.45, 2.75) is 5.41 Å². The summed E-state index contributed by atoms with van der Waals surface area (Å²) >= 11 is 1.88. The van der Waals surface area contributed by atoms with E-state index in [9.17, 15) is 0 Å². The zero-order chi connectivity index (χ0) is 41.9. The van der Waals surface area contributed by atoms with Gasteiger partial charge in [-0.15, -0.1) is 11.3 Å². The Morgan fingerprint density at radius 3 is 1.88 bits per heavy atom. The molecular weight excluding hydrogens is 793 g/mol. The maximum Gasteiger partial charge on any atom is 0.0755 e. The van der Waals surface area contributed by atoms with Crippen LogP contribution in [-0.2, 0) is 5.41 Å². The van der Waals surface area contributed by atoms with Crippen molar-refractivity contribution in [2.75, 3.05) is 4.90 Å². The average molecular weight is 831 g/mol. The third-order valence-corrected chi connectivity index (χ3v) is 15.2. The first-order valence-electron chi connectivity index (χ1n) is 22.1. The normalized spacial score (nSPS) is 14.6. The number of nitrogens with zero attached hydrogens (tertiary/aromatic N) is 2. The predicted octanol–water partition coefficient (Wildman–Crippen LogP) is 16.6. The molecule has 2 aromatic heterocycles. The molecule has 0 N–H and O–H groups in total. The van der Waals surface area contributed by atoms with Crippen molar-refractivity contribution < 1.29 is 0 Å². The van der Waals surface area contributed by atoms with Crippen LogP contribution < -0.4 is 4.90 Å². The Bertz CT molecular complexity index is 3870. The highest BCUT2D eigenvalue weighted by Crippen LogP contribution is 2.62. The summed E-state index contributed by atoms with van der Waals surface area (Å²) in [5.41, 5.74) is 19.2. The average Bonchev–Trinajstić information content (AvgIpc) is 4.01. The van der Waals surface area contributed by atoms with Crippen molar-refractivity contribution in [1.29, 1.82) is 0 Å². The van der Waals surface area contributed by atoms with Gasteiger partial charge in [0.25, 0.3) is 0 Å². The topological polar surface area (TPSA) is 8.17 Å². The van der Waals surface area contributed by atoms with Gasteiger partial charge >= 0.3 is 0 Å². The Hall–Kier alpha value is -7.98. The summed E-state index contributed by atoms with van der Waals surface area (Å²) in [7, 11) is 0. The van der Waals surface area contributed by atoms with E-state index in [4.69, 9.17) is 0 Å². The van der Waals surface area contributed by atoms with Gasteiger partial charge in [-0.25, -0.2) is 0 Å². The number of benzene rings is 10. The molecule has 3 heteroatoms. The van der Waals surface area contributed by atoms with E-state index in [0.29, 0.717) is 0 Å². The van der Waals surface area contributed by atoms with E-state index in [0.717, 1.165) is 11.4 Å².